The van der Waals surface area contributed by atoms with Gasteiger partial charge in [-0.15, -0.1) is 0 Å². The maximum Gasteiger partial charge on any atom is 0.244 e. The summed E-state index contributed by atoms with van der Waals surface area (Å²) in [5.41, 5.74) is 1.49. The van der Waals surface area contributed by atoms with Crippen molar-refractivity contribution in [2.75, 3.05) is 26.2 Å². The number of para-hydroxylation sites is 2. The van der Waals surface area contributed by atoms with Gasteiger partial charge in [0.1, 0.15) is 5.52 Å². The highest BCUT2D eigenvalue weighted by Gasteiger charge is 2.15. The van der Waals surface area contributed by atoms with E-state index in [4.69, 9.17) is 4.42 Å². The number of hydrogen-bond donors (Lipinski definition) is 2. The molecule has 128 valence electrons. The highest BCUT2D eigenvalue weighted by molar-refractivity contribution is 5.91. The van der Waals surface area contributed by atoms with Crippen LogP contribution in [0.3, 0.4) is 0 Å². The van der Waals surface area contributed by atoms with Gasteiger partial charge in [0.25, 0.3) is 0 Å². The van der Waals surface area contributed by atoms with Gasteiger partial charge in [0, 0.05) is 31.8 Å². The molecule has 0 bridgehead atoms. The Hall–Kier alpha value is -2.18. The van der Waals surface area contributed by atoms with Gasteiger partial charge in [-0.25, -0.2) is 4.98 Å². The van der Waals surface area contributed by atoms with Crippen LogP contribution in [0.4, 0.5) is 0 Å². The minimum Gasteiger partial charge on any atom is -0.437 e. The van der Waals surface area contributed by atoms with Crippen LogP contribution < -0.4 is 5.32 Å². The lowest BCUT2D eigenvalue weighted by Gasteiger charge is -2.29. The zero-order valence-electron chi connectivity index (χ0n) is 13.6. The Kier molecular flexibility index (Phi) is 5.61. The highest BCUT2D eigenvalue weighted by atomic mass is 16.3. The summed E-state index contributed by atoms with van der Waals surface area (Å²) in [6.45, 7) is 3.46. The van der Waals surface area contributed by atoms with E-state index in [-0.39, 0.29) is 12.0 Å². The summed E-state index contributed by atoms with van der Waals surface area (Å²) in [6, 6.07) is 7.50. The number of likely N-dealkylation sites (tertiary alicyclic amines) is 1. The lowest BCUT2D eigenvalue weighted by Crippen LogP contribution is -2.37. The van der Waals surface area contributed by atoms with E-state index in [9.17, 15) is 9.90 Å². The summed E-state index contributed by atoms with van der Waals surface area (Å²) in [7, 11) is 0. The van der Waals surface area contributed by atoms with Crippen LogP contribution >= 0.6 is 0 Å². The second kappa shape index (κ2) is 8.08. The number of amides is 1. The molecule has 2 heterocycles. The van der Waals surface area contributed by atoms with Gasteiger partial charge in [-0.3, -0.25) is 4.79 Å². The monoisotopic (exact) mass is 329 g/mol. The van der Waals surface area contributed by atoms with Crippen molar-refractivity contribution in [3.8, 4) is 0 Å². The van der Waals surface area contributed by atoms with E-state index < -0.39 is 0 Å². The van der Waals surface area contributed by atoms with Crippen LogP contribution in [0.5, 0.6) is 0 Å². The van der Waals surface area contributed by atoms with E-state index in [1.807, 2.05) is 24.3 Å². The third-order valence-corrected chi connectivity index (χ3v) is 4.20. The van der Waals surface area contributed by atoms with Crippen molar-refractivity contribution in [1.29, 1.82) is 0 Å². The average Bonchev–Trinajstić information content (AvgIpc) is 3.01. The van der Waals surface area contributed by atoms with Gasteiger partial charge in [-0.1, -0.05) is 12.1 Å². The van der Waals surface area contributed by atoms with E-state index >= 15 is 0 Å². The van der Waals surface area contributed by atoms with E-state index in [0.717, 1.165) is 44.4 Å². The molecule has 0 aliphatic carbocycles. The number of aliphatic hydroxyl groups excluding tert-OH is 1. The number of carbonyl (C=O) groups is 1. The van der Waals surface area contributed by atoms with Crippen LogP contribution in [0, 0.1) is 0 Å². The Bertz CT molecular complexity index is 669. The summed E-state index contributed by atoms with van der Waals surface area (Å²) >= 11 is 0. The largest absolute Gasteiger partial charge is 0.437 e. The predicted molar refractivity (Wildman–Crippen MR) is 92.4 cm³/mol. The summed E-state index contributed by atoms with van der Waals surface area (Å²) in [5.74, 6) is 0.282. The van der Waals surface area contributed by atoms with Gasteiger partial charge in [-0.2, -0.15) is 0 Å². The molecule has 0 unspecified atom stereocenters. The number of hydrogen-bond acceptors (Lipinski definition) is 5. The molecular weight excluding hydrogens is 306 g/mol. The van der Waals surface area contributed by atoms with Gasteiger partial charge < -0.3 is 19.7 Å². The number of nitrogens with zero attached hydrogens (tertiary/aromatic N) is 2. The molecule has 1 aromatic heterocycles. The van der Waals surface area contributed by atoms with Gasteiger partial charge in [0.05, 0.1) is 6.10 Å². The fourth-order valence-corrected chi connectivity index (χ4v) is 2.82. The molecule has 24 heavy (non-hydrogen) atoms. The van der Waals surface area contributed by atoms with Gasteiger partial charge in [0.2, 0.25) is 11.8 Å². The molecule has 0 radical (unpaired) electrons. The number of nitrogens with one attached hydrogen (secondary N) is 1. The summed E-state index contributed by atoms with van der Waals surface area (Å²) < 4.78 is 5.53. The maximum absolute atomic E-state index is 11.8. The number of rotatable bonds is 6. The average molecular weight is 329 g/mol. The number of piperidine rings is 1. The first-order chi connectivity index (χ1) is 11.7. The maximum atomic E-state index is 11.8. The Balaban J connectivity index is 1.37. The standard InChI is InChI=1S/C18H23N3O3/c22-14-8-12-21(13-9-14)11-3-10-19-17(23)6-7-18-20-15-4-1-2-5-16(15)24-18/h1-2,4-7,14,22H,3,8-13H2,(H,19,23). The Morgan fingerprint density at radius 3 is 2.96 bits per heavy atom. The van der Waals surface area contributed by atoms with E-state index in [0.29, 0.717) is 18.0 Å². The van der Waals surface area contributed by atoms with Crippen molar-refractivity contribution >= 4 is 23.1 Å². The molecule has 1 aromatic carbocycles. The molecular formula is C18H23N3O3. The van der Waals surface area contributed by atoms with E-state index in [2.05, 4.69) is 15.2 Å². The van der Waals surface area contributed by atoms with Crippen molar-refractivity contribution in [3.63, 3.8) is 0 Å². The molecule has 0 atom stereocenters. The number of carbonyl (C=O) groups excluding carboxylic acids is 1. The third-order valence-electron chi connectivity index (χ3n) is 4.20. The van der Waals surface area contributed by atoms with Crippen LogP contribution in [0.15, 0.2) is 34.8 Å². The third kappa shape index (κ3) is 4.66. The number of oxazole rings is 1. The zero-order valence-corrected chi connectivity index (χ0v) is 13.6. The lowest BCUT2D eigenvalue weighted by molar-refractivity contribution is -0.116. The summed E-state index contributed by atoms with van der Waals surface area (Å²) in [5, 5.41) is 12.3. The first-order valence-corrected chi connectivity index (χ1v) is 8.42. The molecule has 0 spiro atoms. The predicted octanol–water partition coefficient (Wildman–Crippen LogP) is 1.80. The zero-order chi connectivity index (χ0) is 16.8. The van der Waals surface area contributed by atoms with Crippen molar-refractivity contribution in [1.82, 2.24) is 15.2 Å². The second-order valence-electron chi connectivity index (χ2n) is 6.07. The van der Waals surface area contributed by atoms with Gasteiger partial charge in [0.15, 0.2) is 5.58 Å². The second-order valence-corrected chi connectivity index (χ2v) is 6.07. The van der Waals surface area contributed by atoms with Crippen LogP contribution in [0.1, 0.15) is 25.2 Å². The van der Waals surface area contributed by atoms with Crippen LogP contribution in [-0.2, 0) is 4.79 Å². The van der Waals surface area contributed by atoms with Crippen LogP contribution in [0.25, 0.3) is 17.2 Å². The van der Waals surface area contributed by atoms with Crippen molar-refractivity contribution in [3.05, 3.63) is 36.2 Å². The first-order valence-electron chi connectivity index (χ1n) is 8.42. The molecule has 2 aromatic rings. The fraction of sp³-hybridized carbons (Fsp3) is 0.444. The van der Waals surface area contributed by atoms with Gasteiger partial charge in [-0.05, 0) is 37.9 Å². The Morgan fingerprint density at radius 2 is 2.17 bits per heavy atom. The number of fused-ring (bicyclic) bond motifs is 1. The van der Waals surface area contributed by atoms with E-state index in [1.54, 1.807) is 6.08 Å². The van der Waals surface area contributed by atoms with Crippen molar-refractivity contribution in [2.24, 2.45) is 0 Å². The molecule has 1 aliphatic rings. The smallest absolute Gasteiger partial charge is 0.244 e. The molecule has 2 N–H and O–H groups in total. The molecule has 3 rings (SSSR count). The quantitative estimate of drug-likeness (QED) is 0.624. The minimum absolute atomic E-state index is 0.141. The number of aliphatic hydroxyl groups is 1. The topological polar surface area (TPSA) is 78.6 Å². The highest BCUT2D eigenvalue weighted by Crippen LogP contribution is 2.15. The van der Waals surface area contributed by atoms with Crippen molar-refractivity contribution < 1.29 is 14.3 Å². The SMILES string of the molecule is O=C(C=Cc1nc2ccccc2o1)NCCCN1CCC(O)CC1. The minimum atomic E-state index is -0.147. The van der Waals surface area contributed by atoms with Gasteiger partial charge >= 0.3 is 0 Å². The van der Waals surface area contributed by atoms with Crippen LogP contribution in [0.2, 0.25) is 0 Å². The Labute approximate surface area is 141 Å². The lowest BCUT2D eigenvalue weighted by atomic mass is 10.1. The summed E-state index contributed by atoms with van der Waals surface area (Å²) in [4.78, 5) is 18.4. The normalized spacial score (nSPS) is 16.9. The van der Waals surface area contributed by atoms with Crippen LogP contribution in [-0.4, -0.2) is 53.2 Å². The fourth-order valence-electron chi connectivity index (χ4n) is 2.82. The number of benzene rings is 1. The number of aromatic nitrogens is 1. The summed E-state index contributed by atoms with van der Waals surface area (Å²) in [6.07, 6.45) is 5.49. The molecule has 6 heteroatoms. The molecule has 0 saturated carbocycles. The molecule has 1 aliphatic heterocycles. The van der Waals surface area contributed by atoms with E-state index in [1.165, 1.54) is 6.08 Å². The Morgan fingerprint density at radius 1 is 1.38 bits per heavy atom. The first kappa shape index (κ1) is 16.7. The molecule has 6 nitrogen and oxygen atoms in total. The molecule has 1 amide bonds. The molecule has 1 fully saturated rings. The van der Waals surface area contributed by atoms with Crippen molar-refractivity contribution in [2.45, 2.75) is 25.4 Å². The molecule has 1 saturated heterocycles.